The molecule has 0 saturated carbocycles. The van der Waals surface area contributed by atoms with Gasteiger partial charge in [-0.3, -0.25) is 9.59 Å². The highest BCUT2D eigenvalue weighted by atomic mass is 32.1. The van der Waals surface area contributed by atoms with Crippen molar-refractivity contribution < 1.29 is 28.6 Å². The van der Waals surface area contributed by atoms with Gasteiger partial charge in [-0.1, -0.05) is 13.0 Å². The molecule has 168 valence electrons. The van der Waals surface area contributed by atoms with E-state index >= 15 is 0 Å². The van der Waals surface area contributed by atoms with Crippen LogP contribution < -0.4 is 5.32 Å². The minimum absolute atomic E-state index is 0.0414. The minimum atomic E-state index is -0.886. The molecular weight excluding hydrogens is 418 g/mol. The first-order chi connectivity index (χ1) is 14.8. The van der Waals surface area contributed by atoms with Crippen molar-refractivity contribution in [1.82, 2.24) is 5.32 Å². The summed E-state index contributed by atoms with van der Waals surface area (Å²) >= 11 is 1.46. The summed E-state index contributed by atoms with van der Waals surface area (Å²) in [5.74, 6) is -3.01. The van der Waals surface area contributed by atoms with Crippen LogP contribution in [0.1, 0.15) is 44.9 Å². The number of ketones is 1. The Morgan fingerprint density at radius 2 is 2.03 bits per heavy atom. The summed E-state index contributed by atoms with van der Waals surface area (Å²) in [4.78, 5) is 39.8. The number of thiophene rings is 1. The van der Waals surface area contributed by atoms with E-state index in [4.69, 9.17) is 14.2 Å². The number of esters is 2. The maximum absolute atomic E-state index is 13.5. The van der Waals surface area contributed by atoms with Gasteiger partial charge in [0.2, 0.25) is 0 Å². The molecule has 1 N–H and O–H groups in total. The van der Waals surface area contributed by atoms with Crippen LogP contribution in [0.3, 0.4) is 0 Å². The second kappa shape index (κ2) is 9.78. The number of methoxy groups -OCH3 is 1. The van der Waals surface area contributed by atoms with Crippen LogP contribution in [0.5, 0.6) is 0 Å². The quantitative estimate of drug-likeness (QED) is 0.389. The van der Waals surface area contributed by atoms with E-state index in [2.05, 4.69) is 5.32 Å². The summed E-state index contributed by atoms with van der Waals surface area (Å²) in [6, 6.07) is 3.77. The number of hydrogen-bond donors (Lipinski definition) is 1. The summed E-state index contributed by atoms with van der Waals surface area (Å²) < 4.78 is 15.8. The molecule has 0 aromatic carbocycles. The molecule has 0 radical (unpaired) electrons. The number of ether oxygens (including phenoxy) is 3. The molecule has 0 fully saturated rings. The van der Waals surface area contributed by atoms with E-state index in [1.54, 1.807) is 0 Å². The van der Waals surface area contributed by atoms with Gasteiger partial charge in [-0.25, -0.2) is 4.79 Å². The van der Waals surface area contributed by atoms with Gasteiger partial charge in [0.15, 0.2) is 5.78 Å². The van der Waals surface area contributed by atoms with Crippen LogP contribution in [0, 0.1) is 11.8 Å². The van der Waals surface area contributed by atoms with Gasteiger partial charge >= 0.3 is 11.9 Å². The van der Waals surface area contributed by atoms with E-state index in [0.29, 0.717) is 29.9 Å². The minimum Gasteiger partial charge on any atom is -0.468 e. The number of hydrogen-bond acceptors (Lipinski definition) is 8. The Kier molecular flexibility index (Phi) is 7.33. The second-order valence-electron chi connectivity index (χ2n) is 8.11. The topological polar surface area (TPSA) is 90.9 Å². The zero-order valence-electron chi connectivity index (χ0n) is 18.5. The van der Waals surface area contributed by atoms with E-state index in [-0.39, 0.29) is 24.4 Å². The number of allylic oxidation sites excluding steroid dienone is 3. The molecule has 8 heteroatoms. The third-order valence-electron chi connectivity index (χ3n) is 5.56. The van der Waals surface area contributed by atoms with Gasteiger partial charge in [0.1, 0.15) is 12.5 Å². The SMILES string of the molecule is COC(=O)[C@H]1C(=O)C2=C(C[C@@H]1C)NC(C)=C(C(=O)OCCOC(C)C)[C@H]2c1cccs1. The molecule has 2 heterocycles. The Balaban J connectivity index is 1.96. The molecule has 1 aromatic rings. The van der Waals surface area contributed by atoms with Crippen molar-refractivity contribution in [2.45, 2.75) is 46.1 Å². The van der Waals surface area contributed by atoms with Gasteiger partial charge in [-0.05, 0) is 44.6 Å². The van der Waals surface area contributed by atoms with E-state index in [1.807, 2.05) is 45.2 Å². The van der Waals surface area contributed by atoms with Gasteiger partial charge in [0.25, 0.3) is 0 Å². The third kappa shape index (κ3) is 4.75. The fraction of sp³-hybridized carbons (Fsp3) is 0.522. The van der Waals surface area contributed by atoms with Crippen LogP contribution in [0.15, 0.2) is 40.1 Å². The van der Waals surface area contributed by atoms with Crippen molar-refractivity contribution >= 4 is 29.1 Å². The van der Waals surface area contributed by atoms with Crippen LogP contribution in [0.4, 0.5) is 0 Å². The summed E-state index contributed by atoms with van der Waals surface area (Å²) in [6.07, 6.45) is 0.560. The van der Waals surface area contributed by atoms with Crippen LogP contribution in [0.2, 0.25) is 0 Å². The van der Waals surface area contributed by atoms with Gasteiger partial charge in [-0.15, -0.1) is 11.3 Å². The summed E-state index contributed by atoms with van der Waals surface area (Å²) in [5.41, 5.74) is 2.25. The average molecular weight is 448 g/mol. The first-order valence-corrected chi connectivity index (χ1v) is 11.3. The molecule has 1 aliphatic heterocycles. The van der Waals surface area contributed by atoms with Crippen molar-refractivity contribution in [3.05, 3.63) is 44.9 Å². The van der Waals surface area contributed by atoms with E-state index in [1.165, 1.54) is 18.4 Å². The van der Waals surface area contributed by atoms with Gasteiger partial charge < -0.3 is 19.5 Å². The smallest absolute Gasteiger partial charge is 0.336 e. The Hall–Kier alpha value is -2.45. The molecule has 0 spiro atoms. The Morgan fingerprint density at radius 1 is 1.29 bits per heavy atom. The fourth-order valence-electron chi connectivity index (χ4n) is 4.19. The Bertz CT molecular complexity index is 915. The number of carbonyl (C=O) groups excluding carboxylic acids is 3. The molecule has 0 unspecified atom stereocenters. The molecule has 1 aromatic heterocycles. The highest BCUT2D eigenvalue weighted by Crippen LogP contribution is 2.46. The van der Waals surface area contributed by atoms with Crippen molar-refractivity contribution in [2.24, 2.45) is 11.8 Å². The monoisotopic (exact) mass is 447 g/mol. The molecule has 3 atom stereocenters. The zero-order chi connectivity index (χ0) is 22.7. The summed E-state index contributed by atoms with van der Waals surface area (Å²) in [5, 5.41) is 5.15. The van der Waals surface area contributed by atoms with Crippen LogP contribution >= 0.6 is 11.3 Å². The molecule has 1 aliphatic carbocycles. The zero-order valence-corrected chi connectivity index (χ0v) is 19.3. The molecule has 0 saturated heterocycles. The molecular formula is C23H29NO6S. The van der Waals surface area contributed by atoms with E-state index in [9.17, 15) is 14.4 Å². The van der Waals surface area contributed by atoms with Crippen LogP contribution in [0.25, 0.3) is 0 Å². The number of nitrogens with one attached hydrogen (secondary N) is 1. The van der Waals surface area contributed by atoms with Crippen molar-refractivity contribution in [3.8, 4) is 0 Å². The summed E-state index contributed by atoms with van der Waals surface area (Å²) in [6.45, 7) is 7.91. The Labute approximate surface area is 186 Å². The lowest BCUT2D eigenvalue weighted by atomic mass is 9.70. The van der Waals surface area contributed by atoms with E-state index < -0.39 is 23.8 Å². The molecule has 2 aliphatic rings. The van der Waals surface area contributed by atoms with Crippen molar-refractivity contribution in [3.63, 3.8) is 0 Å². The predicted molar refractivity (Wildman–Crippen MR) is 116 cm³/mol. The first-order valence-electron chi connectivity index (χ1n) is 10.4. The number of Topliss-reactive ketones (excluding diaryl/α,β-unsaturated/α-hetero) is 1. The van der Waals surface area contributed by atoms with Crippen LogP contribution in [-0.4, -0.2) is 44.1 Å². The highest BCUT2D eigenvalue weighted by molar-refractivity contribution is 7.10. The standard InChI is InChI=1S/C23H29NO6S/c1-12(2)29-8-9-30-23(27)18-14(4)24-15-11-13(3)17(22(26)28-5)21(25)19(15)20(18)16-7-6-10-31-16/h6-7,10,12-13,17,20,24H,8-9,11H2,1-5H3/t13-,17+,20+/m0/s1. The van der Waals surface area contributed by atoms with Gasteiger partial charge in [0, 0.05) is 21.8 Å². The second-order valence-corrected chi connectivity index (χ2v) is 9.09. The van der Waals surface area contributed by atoms with E-state index in [0.717, 1.165) is 10.6 Å². The lowest BCUT2D eigenvalue weighted by Gasteiger charge is -2.37. The maximum atomic E-state index is 13.5. The first kappa shape index (κ1) is 23.2. The molecule has 3 rings (SSSR count). The van der Waals surface area contributed by atoms with Crippen molar-refractivity contribution in [2.75, 3.05) is 20.3 Å². The largest absolute Gasteiger partial charge is 0.468 e. The average Bonchev–Trinajstić information content (AvgIpc) is 3.24. The molecule has 0 bridgehead atoms. The maximum Gasteiger partial charge on any atom is 0.336 e. The Morgan fingerprint density at radius 3 is 2.65 bits per heavy atom. The number of carbonyl (C=O) groups is 3. The number of dihydropyridines is 1. The summed E-state index contributed by atoms with van der Waals surface area (Å²) in [7, 11) is 1.29. The van der Waals surface area contributed by atoms with Gasteiger partial charge in [0.05, 0.1) is 31.3 Å². The molecule has 0 amide bonds. The highest BCUT2D eigenvalue weighted by Gasteiger charge is 2.47. The lowest BCUT2D eigenvalue weighted by Crippen LogP contribution is -2.43. The predicted octanol–water partition coefficient (Wildman–Crippen LogP) is 3.33. The molecule has 31 heavy (non-hydrogen) atoms. The fourth-order valence-corrected chi connectivity index (χ4v) is 5.03. The normalized spacial score (nSPS) is 23.5. The van der Waals surface area contributed by atoms with Gasteiger partial charge in [-0.2, -0.15) is 0 Å². The number of rotatable bonds is 7. The van der Waals surface area contributed by atoms with Crippen molar-refractivity contribution in [1.29, 1.82) is 0 Å². The molecule has 7 nitrogen and oxygen atoms in total. The lowest BCUT2D eigenvalue weighted by molar-refractivity contribution is -0.151. The third-order valence-corrected chi connectivity index (χ3v) is 6.50. The van der Waals surface area contributed by atoms with Crippen LogP contribution in [-0.2, 0) is 28.6 Å².